The van der Waals surface area contributed by atoms with Crippen LogP contribution in [0.5, 0.6) is 0 Å². The van der Waals surface area contributed by atoms with Gasteiger partial charge in [-0.3, -0.25) is 9.59 Å². The lowest BCUT2D eigenvalue weighted by molar-refractivity contribution is -0.133. The van der Waals surface area contributed by atoms with Crippen molar-refractivity contribution in [2.45, 2.75) is 19.4 Å². The van der Waals surface area contributed by atoms with Gasteiger partial charge in [-0.1, -0.05) is 78.4 Å². The number of carbonyl (C=O) groups excluding carboxylic acids is 2. The van der Waals surface area contributed by atoms with E-state index in [0.717, 1.165) is 23.1 Å². The lowest BCUT2D eigenvalue weighted by Gasteiger charge is -2.37. The minimum atomic E-state index is -0.173. The number of nitrogens with zero attached hydrogens (tertiary/aromatic N) is 2. The molecule has 1 aliphatic rings. The Hall–Kier alpha value is -3.96. The Morgan fingerprint density at radius 3 is 2.38 bits per heavy atom. The summed E-state index contributed by atoms with van der Waals surface area (Å²) < 4.78 is 0. The van der Waals surface area contributed by atoms with Gasteiger partial charge in [0.05, 0.1) is 6.04 Å². The van der Waals surface area contributed by atoms with Crippen LogP contribution in [-0.4, -0.2) is 41.2 Å². The number of hydrogen-bond donors (Lipinski definition) is 0. The molecule has 2 heterocycles. The number of rotatable bonds is 7. The fraction of sp³-hybridized carbons (Fsp3) is 0.188. The van der Waals surface area contributed by atoms with Gasteiger partial charge in [0.25, 0.3) is 5.91 Å². The van der Waals surface area contributed by atoms with E-state index >= 15 is 0 Å². The second kappa shape index (κ2) is 11.0. The molecule has 186 valence electrons. The maximum atomic E-state index is 13.7. The van der Waals surface area contributed by atoms with Crippen molar-refractivity contribution < 1.29 is 9.59 Å². The molecule has 1 atom stereocenters. The molecule has 0 saturated carbocycles. The minimum absolute atomic E-state index is 0.00707. The molecule has 1 aliphatic heterocycles. The molecular formula is C32H30N2O2S. The molecule has 5 rings (SSSR count). The van der Waals surface area contributed by atoms with E-state index in [-0.39, 0.29) is 24.4 Å². The number of hydrogen-bond acceptors (Lipinski definition) is 3. The van der Waals surface area contributed by atoms with Crippen LogP contribution >= 0.6 is 11.3 Å². The maximum Gasteiger partial charge on any atom is 0.254 e. The van der Waals surface area contributed by atoms with Crippen molar-refractivity contribution in [2.24, 2.45) is 0 Å². The molecule has 1 unspecified atom stereocenters. The lowest BCUT2D eigenvalue weighted by atomic mass is 9.92. The second-order valence-corrected chi connectivity index (χ2v) is 10.4. The van der Waals surface area contributed by atoms with E-state index in [1.54, 1.807) is 22.3 Å². The van der Waals surface area contributed by atoms with E-state index in [1.165, 1.54) is 16.0 Å². The third kappa shape index (κ3) is 5.27. The first kappa shape index (κ1) is 24.7. The fourth-order valence-corrected chi connectivity index (χ4v) is 5.84. The predicted molar refractivity (Wildman–Crippen MR) is 151 cm³/mol. The highest BCUT2D eigenvalue weighted by atomic mass is 32.1. The van der Waals surface area contributed by atoms with Crippen LogP contribution in [0, 0.1) is 6.92 Å². The summed E-state index contributed by atoms with van der Waals surface area (Å²) >= 11 is 1.75. The Balaban J connectivity index is 1.37. The average Bonchev–Trinajstić information content (AvgIpc) is 3.42. The highest BCUT2D eigenvalue weighted by Gasteiger charge is 2.34. The normalized spacial score (nSPS) is 14.6. The molecule has 5 heteroatoms. The third-order valence-electron chi connectivity index (χ3n) is 6.88. The summed E-state index contributed by atoms with van der Waals surface area (Å²) in [4.78, 5) is 32.0. The number of carbonyl (C=O) groups is 2. The third-order valence-corrected chi connectivity index (χ3v) is 7.88. The van der Waals surface area contributed by atoms with Crippen molar-refractivity contribution in [2.75, 3.05) is 19.6 Å². The SMILES string of the molecule is C=CCN(CC(=O)N1CCc2sccc2C1c1ccc(C)cc1)C(=O)c1ccc(-c2ccccc2)cc1. The Labute approximate surface area is 222 Å². The summed E-state index contributed by atoms with van der Waals surface area (Å²) in [6, 6.07) is 28.0. The number of benzene rings is 3. The quantitative estimate of drug-likeness (QED) is 0.268. The molecule has 4 aromatic rings. The fourth-order valence-electron chi connectivity index (χ4n) is 4.94. The Morgan fingerprint density at radius 2 is 1.68 bits per heavy atom. The van der Waals surface area contributed by atoms with Gasteiger partial charge in [-0.2, -0.15) is 0 Å². The molecular weight excluding hydrogens is 476 g/mol. The first-order valence-corrected chi connectivity index (χ1v) is 13.4. The van der Waals surface area contributed by atoms with Crippen LogP contribution in [-0.2, 0) is 11.2 Å². The zero-order valence-corrected chi connectivity index (χ0v) is 21.8. The van der Waals surface area contributed by atoms with Crippen molar-refractivity contribution in [3.63, 3.8) is 0 Å². The van der Waals surface area contributed by atoms with Crippen LogP contribution in [0.2, 0.25) is 0 Å². The van der Waals surface area contributed by atoms with Gasteiger partial charge in [0.2, 0.25) is 5.91 Å². The zero-order valence-electron chi connectivity index (χ0n) is 21.0. The van der Waals surface area contributed by atoms with Gasteiger partial charge in [0.15, 0.2) is 0 Å². The van der Waals surface area contributed by atoms with Crippen molar-refractivity contribution in [1.29, 1.82) is 0 Å². The standard InChI is InChI=1S/C32H30N2O2S/c1-3-19-33(32(36)27-15-13-25(14-16-27)24-7-5-4-6-8-24)22-30(35)34-20-17-29-28(18-21-37-29)31(34)26-11-9-23(2)10-12-26/h3-16,18,21,31H,1,17,19-20,22H2,2H3. The molecule has 4 nitrogen and oxygen atoms in total. The lowest BCUT2D eigenvalue weighted by Crippen LogP contribution is -2.46. The smallest absolute Gasteiger partial charge is 0.254 e. The largest absolute Gasteiger partial charge is 0.330 e. The number of fused-ring (bicyclic) bond motifs is 1. The molecule has 0 saturated heterocycles. The molecule has 0 fully saturated rings. The van der Waals surface area contributed by atoms with Gasteiger partial charge >= 0.3 is 0 Å². The van der Waals surface area contributed by atoms with Gasteiger partial charge in [-0.25, -0.2) is 0 Å². The topological polar surface area (TPSA) is 40.6 Å². The Bertz CT molecular complexity index is 1390. The molecule has 1 aromatic heterocycles. The summed E-state index contributed by atoms with van der Waals surface area (Å²) in [6.45, 7) is 6.83. The number of amides is 2. The highest BCUT2D eigenvalue weighted by Crippen LogP contribution is 2.38. The number of thiophene rings is 1. The van der Waals surface area contributed by atoms with Gasteiger partial charge in [0.1, 0.15) is 6.54 Å². The molecule has 0 spiro atoms. The van der Waals surface area contributed by atoms with Crippen LogP contribution in [0.25, 0.3) is 11.1 Å². The van der Waals surface area contributed by atoms with Gasteiger partial charge in [-0.15, -0.1) is 17.9 Å². The van der Waals surface area contributed by atoms with E-state index in [4.69, 9.17) is 0 Å². The first-order chi connectivity index (χ1) is 18.0. The van der Waals surface area contributed by atoms with Crippen LogP contribution in [0.1, 0.15) is 38.0 Å². The first-order valence-electron chi connectivity index (χ1n) is 12.5. The van der Waals surface area contributed by atoms with Crippen LogP contribution in [0.15, 0.2) is 103 Å². The predicted octanol–water partition coefficient (Wildman–Crippen LogP) is 6.53. The van der Waals surface area contributed by atoms with Gasteiger partial charge in [0, 0.05) is 23.5 Å². The van der Waals surface area contributed by atoms with Crippen molar-refractivity contribution >= 4 is 23.2 Å². The van der Waals surface area contributed by atoms with Crippen LogP contribution < -0.4 is 0 Å². The van der Waals surface area contributed by atoms with Gasteiger partial charge < -0.3 is 9.80 Å². The van der Waals surface area contributed by atoms with E-state index in [2.05, 4.69) is 49.2 Å². The molecule has 37 heavy (non-hydrogen) atoms. The summed E-state index contributed by atoms with van der Waals surface area (Å²) in [5, 5.41) is 2.10. The van der Waals surface area contributed by atoms with E-state index in [1.807, 2.05) is 59.5 Å². The van der Waals surface area contributed by atoms with E-state index in [9.17, 15) is 9.59 Å². The van der Waals surface area contributed by atoms with Crippen LogP contribution in [0.3, 0.4) is 0 Å². The van der Waals surface area contributed by atoms with Crippen molar-refractivity contribution in [1.82, 2.24) is 9.80 Å². The molecule has 2 amide bonds. The number of aryl methyl sites for hydroxylation is 1. The summed E-state index contributed by atoms with van der Waals surface area (Å²) in [5.74, 6) is -0.230. The summed E-state index contributed by atoms with van der Waals surface area (Å²) in [5.41, 5.74) is 6.17. The molecule has 0 radical (unpaired) electrons. The van der Waals surface area contributed by atoms with Gasteiger partial charge in [-0.05, 0) is 59.2 Å². The Kier molecular flexibility index (Phi) is 7.33. The van der Waals surface area contributed by atoms with E-state index in [0.29, 0.717) is 18.7 Å². The summed E-state index contributed by atoms with van der Waals surface area (Å²) in [7, 11) is 0. The van der Waals surface area contributed by atoms with Crippen LogP contribution in [0.4, 0.5) is 0 Å². The Morgan fingerprint density at radius 1 is 0.973 bits per heavy atom. The molecule has 0 N–H and O–H groups in total. The second-order valence-electron chi connectivity index (χ2n) is 9.37. The molecule has 0 aliphatic carbocycles. The molecule has 0 bridgehead atoms. The minimum Gasteiger partial charge on any atom is -0.330 e. The molecule has 3 aromatic carbocycles. The van der Waals surface area contributed by atoms with Crippen molar-refractivity contribution in [3.05, 3.63) is 130 Å². The monoisotopic (exact) mass is 506 g/mol. The summed E-state index contributed by atoms with van der Waals surface area (Å²) in [6.07, 6.45) is 2.51. The van der Waals surface area contributed by atoms with Crippen molar-refractivity contribution in [3.8, 4) is 11.1 Å². The zero-order chi connectivity index (χ0) is 25.8. The maximum absolute atomic E-state index is 13.7. The average molecular weight is 507 g/mol. The van der Waals surface area contributed by atoms with E-state index < -0.39 is 0 Å². The highest BCUT2D eigenvalue weighted by molar-refractivity contribution is 7.10.